The van der Waals surface area contributed by atoms with E-state index in [1.807, 2.05) is 37.3 Å². The number of amides is 1. The van der Waals surface area contributed by atoms with Crippen molar-refractivity contribution in [2.24, 2.45) is 5.92 Å². The average molecular weight is 315 g/mol. The van der Waals surface area contributed by atoms with Gasteiger partial charge in [0.05, 0.1) is 6.10 Å². The largest absolute Gasteiger partial charge is 0.391 e. The van der Waals surface area contributed by atoms with E-state index in [4.69, 9.17) is 0 Å². The van der Waals surface area contributed by atoms with Crippen molar-refractivity contribution < 1.29 is 9.90 Å². The monoisotopic (exact) mass is 315 g/mol. The van der Waals surface area contributed by atoms with Gasteiger partial charge in [-0.1, -0.05) is 37.3 Å². The molecular weight excluding hydrogens is 294 g/mol. The number of aliphatic hydroxyl groups is 1. The molecule has 23 heavy (non-hydrogen) atoms. The molecule has 122 valence electrons. The maximum atomic E-state index is 13.0. The van der Waals surface area contributed by atoms with Crippen molar-refractivity contribution in [3.63, 3.8) is 0 Å². The lowest BCUT2D eigenvalue weighted by Gasteiger charge is -2.36. The fourth-order valence-electron chi connectivity index (χ4n) is 2.90. The molecule has 1 amide bonds. The lowest BCUT2D eigenvalue weighted by molar-refractivity contribution is -0.139. The van der Waals surface area contributed by atoms with E-state index in [9.17, 15) is 9.90 Å². The van der Waals surface area contributed by atoms with E-state index in [1.54, 1.807) is 4.90 Å². The van der Waals surface area contributed by atoms with Crippen molar-refractivity contribution in [1.29, 1.82) is 0 Å². The number of benzene rings is 1. The molecule has 1 aliphatic rings. The minimum absolute atomic E-state index is 0.0490. The van der Waals surface area contributed by atoms with Crippen LogP contribution in [-0.2, 0) is 11.2 Å². The Balaban J connectivity index is 1.79. The number of aliphatic hydroxyl groups excluding tert-OH is 1. The van der Waals surface area contributed by atoms with Crippen LogP contribution in [0.5, 0.6) is 0 Å². The normalized spacial score (nSPS) is 22.8. The van der Waals surface area contributed by atoms with Crippen LogP contribution >= 0.6 is 0 Å². The summed E-state index contributed by atoms with van der Waals surface area (Å²) in [6.45, 7) is 3.03. The van der Waals surface area contributed by atoms with Gasteiger partial charge in [0.2, 0.25) is 5.91 Å². The first kappa shape index (κ1) is 15.6. The third-order valence-electron chi connectivity index (χ3n) is 4.47. The Hall–Kier alpha value is -2.28. The van der Waals surface area contributed by atoms with Crippen LogP contribution in [0, 0.1) is 5.92 Å². The second-order valence-electron chi connectivity index (χ2n) is 6.11. The lowest BCUT2D eigenvalue weighted by atomic mass is 9.95. The van der Waals surface area contributed by atoms with E-state index in [1.165, 1.54) is 11.0 Å². The third-order valence-corrected chi connectivity index (χ3v) is 4.47. The van der Waals surface area contributed by atoms with Gasteiger partial charge < -0.3 is 10.0 Å². The van der Waals surface area contributed by atoms with Crippen molar-refractivity contribution >= 4 is 5.91 Å². The van der Waals surface area contributed by atoms with Crippen LogP contribution < -0.4 is 0 Å². The Morgan fingerprint density at radius 1 is 1.39 bits per heavy atom. The molecule has 3 unspecified atom stereocenters. The first-order valence-electron chi connectivity index (χ1n) is 7.88. The number of likely N-dealkylation sites (tertiary alicyclic amines) is 1. The van der Waals surface area contributed by atoms with Gasteiger partial charge in [-0.3, -0.25) is 4.79 Å². The van der Waals surface area contributed by atoms with Crippen LogP contribution in [0.3, 0.4) is 0 Å². The molecular formula is C16H21N5O2. The molecule has 7 heteroatoms. The highest BCUT2D eigenvalue weighted by Crippen LogP contribution is 2.22. The molecule has 2 heterocycles. The van der Waals surface area contributed by atoms with E-state index in [2.05, 4.69) is 15.5 Å². The van der Waals surface area contributed by atoms with E-state index in [0.717, 1.165) is 12.0 Å². The summed E-state index contributed by atoms with van der Waals surface area (Å²) in [6.07, 6.45) is 2.32. The summed E-state index contributed by atoms with van der Waals surface area (Å²) in [5, 5.41) is 21.3. The van der Waals surface area contributed by atoms with Crippen LogP contribution in [0.2, 0.25) is 0 Å². The Kier molecular flexibility index (Phi) is 4.66. The van der Waals surface area contributed by atoms with Crippen LogP contribution in [0.1, 0.15) is 24.9 Å². The molecule has 0 bridgehead atoms. The number of nitrogens with zero attached hydrogens (tertiary/aromatic N) is 5. The average Bonchev–Trinajstić information content (AvgIpc) is 3.10. The third kappa shape index (κ3) is 3.56. The van der Waals surface area contributed by atoms with E-state index < -0.39 is 12.1 Å². The van der Waals surface area contributed by atoms with Crippen molar-refractivity contribution in [3.05, 3.63) is 42.2 Å². The molecule has 7 nitrogen and oxygen atoms in total. The zero-order valence-corrected chi connectivity index (χ0v) is 13.1. The van der Waals surface area contributed by atoms with Gasteiger partial charge in [0.15, 0.2) is 0 Å². The van der Waals surface area contributed by atoms with Gasteiger partial charge in [-0.25, -0.2) is 4.68 Å². The summed E-state index contributed by atoms with van der Waals surface area (Å²) < 4.78 is 1.50. The molecule has 3 rings (SSSR count). The number of hydrogen-bond acceptors (Lipinski definition) is 5. The number of aromatic nitrogens is 4. The van der Waals surface area contributed by atoms with Crippen LogP contribution in [0.15, 0.2) is 36.7 Å². The fourth-order valence-corrected chi connectivity index (χ4v) is 2.90. The van der Waals surface area contributed by atoms with E-state index >= 15 is 0 Å². The van der Waals surface area contributed by atoms with Crippen LogP contribution in [0.4, 0.5) is 0 Å². The molecule has 3 atom stereocenters. The van der Waals surface area contributed by atoms with Gasteiger partial charge in [0.25, 0.3) is 0 Å². The molecule has 1 aliphatic heterocycles. The highest BCUT2D eigenvalue weighted by atomic mass is 16.3. The first-order valence-corrected chi connectivity index (χ1v) is 7.88. The molecule has 0 aliphatic carbocycles. The van der Waals surface area contributed by atoms with Gasteiger partial charge in [-0.2, -0.15) is 0 Å². The smallest absolute Gasteiger partial charge is 0.248 e. The van der Waals surface area contributed by atoms with Gasteiger partial charge in [0.1, 0.15) is 12.4 Å². The van der Waals surface area contributed by atoms with E-state index in [0.29, 0.717) is 19.5 Å². The second-order valence-corrected chi connectivity index (χ2v) is 6.11. The summed E-state index contributed by atoms with van der Waals surface area (Å²) in [6, 6.07) is 9.31. The van der Waals surface area contributed by atoms with Gasteiger partial charge >= 0.3 is 0 Å². The van der Waals surface area contributed by atoms with Crippen molar-refractivity contribution in [2.75, 3.05) is 13.1 Å². The standard InChI is InChI=1S/C16H21N5O2/c1-12-7-8-20(10-15(12)22)16(23)14(21-11-17-18-19-21)9-13-5-3-2-4-6-13/h2-6,11-12,14-15,22H,7-10H2,1H3. The number of tetrazole rings is 1. The zero-order chi connectivity index (χ0) is 16.2. The van der Waals surface area contributed by atoms with E-state index in [-0.39, 0.29) is 11.8 Å². The fraction of sp³-hybridized carbons (Fsp3) is 0.500. The van der Waals surface area contributed by atoms with Crippen molar-refractivity contribution in [2.45, 2.75) is 31.9 Å². The second kappa shape index (κ2) is 6.87. The summed E-state index contributed by atoms with van der Waals surface area (Å²) >= 11 is 0. The number of β-amino-alcohol motifs (C(OH)–C–C–N with tert-alkyl or cyclic N) is 1. The van der Waals surface area contributed by atoms with Crippen LogP contribution in [0.25, 0.3) is 0 Å². The molecule has 1 saturated heterocycles. The molecule has 0 saturated carbocycles. The number of carbonyl (C=O) groups is 1. The Morgan fingerprint density at radius 3 is 2.83 bits per heavy atom. The maximum Gasteiger partial charge on any atom is 0.248 e. The Morgan fingerprint density at radius 2 is 2.17 bits per heavy atom. The Labute approximate surface area is 134 Å². The van der Waals surface area contributed by atoms with Gasteiger partial charge in [-0.15, -0.1) is 5.10 Å². The topological polar surface area (TPSA) is 84.1 Å². The lowest BCUT2D eigenvalue weighted by Crippen LogP contribution is -2.48. The molecule has 1 aromatic carbocycles. The predicted octanol–water partition coefficient (Wildman–Crippen LogP) is 0.686. The summed E-state index contributed by atoms with van der Waals surface area (Å²) in [5.41, 5.74) is 1.05. The number of rotatable bonds is 4. The number of piperidine rings is 1. The molecule has 1 fully saturated rings. The maximum absolute atomic E-state index is 13.0. The molecule has 0 radical (unpaired) electrons. The molecule has 1 N–H and O–H groups in total. The first-order chi connectivity index (χ1) is 11.1. The highest BCUT2D eigenvalue weighted by Gasteiger charge is 2.32. The SMILES string of the molecule is CC1CCN(C(=O)C(Cc2ccccc2)n2cnnn2)CC1O. The van der Waals surface area contributed by atoms with Gasteiger partial charge in [-0.05, 0) is 28.3 Å². The summed E-state index contributed by atoms with van der Waals surface area (Å²) in [4.78, 5) is 14.7. The molecule has 1 aromatic heterocycles. The minimum Gasteiger partial charge on any atom is -0.391 e. The number of carbonyl (C=O) groups excluding carboxylic acids is 1. The summed E-state index contributed by atoms with van der Waals surface area (Å²) in [5.74, 6) is 0.173. The minimum atomic E-state index is -0.493. The van der Waals surface area contributed by atoms with Gasteiger partial charge in [0, 0.05) is 19.5 Å². The highest BCUT2D eigenvalue weighted by molar-refractivity contribution is 5.80. The Bertz CT molecular complexity index is 631. The van der Waals surface area contributed by atoms with Crippen molar-refractivity contribution in [1.82, 2.24) is 25.1 Å². The van der Waals surface area contributed by atoms with Crippen LogP contribution in [-0.4, -0.2) is 55.3 Å². The quantitative estimate of drug-likeness (QED) is 0.897. The predicted molar refractivity (Wildman–Crippen MR) is 83.4 cm³/mol. The number of hydrogen-bond donors (Lipinski definition) is 1. The zero-order valence-electron chi connectivity index (χ0n) is 13.1. The summed E-state index contributed by atoms with van der Waals surface area (Å²) in [7, 11) is 0. The molecule has 2 aromatic rings. The van der Waals surface area contributed by atoms with Crippen molar-refractivity contribution in [3.8, 4) is 0 Å². The molecule has 0 spiro atoms.